The lowest BCUT2D eigenvalue weighted by Gasteiger charge is -2.48. The number of alkyl halides is 1. The normalized spacial score (nSPS) is 20.7. The maximum atomic E-state index is 11.5. The van der Waals surface area contributed by atoms with Crippen LogP contribution >= 0.6 is 11.6 Å². The zero-order valence-electron chi connectivity index (χ0n) is 14.7. The second-order valence-electron chi connectivity index (χ2n) is 7.34. The molecule has 0 saturated carbocycles. The Bertz CT molecular complexity index is 461. The van der Waals surface area contributed by atoms with Crippen LogP contribution in [0.2, 0.25) is 0 Å². The van der Waals surface area contributed by atoms with Crippen LogP contribution in [-0.2, 0) is 14.3 Å². The van der Waals surface area contributed by atoms with Gasteiger partial charge in [0, 0.05) is 12.8 Å². The number of hydrogen-bond acceptors (Lipinski definition) is 3. The average molecular weight is 329 g/mol. The summed E-state index contributed by atoms with van der Waals surface area (Å²) >= 11 is 6.17. The van der Waals surface area contributed by atoms with Crippen LogP contribution in [0.3, 0.4) is 0 Å². The molecule has 1 aliphatic rings. The topological polar surface area (TPSA) is 35.5 Å². The van der Waals surface area contributed by atoms with E-state index in [-0.39, 0.29) is 34.7 Å². The molecule has 0 saturated heterocycles. The molecule has 1 aliphatic heterocycles. The van der Waals surface area contributed by atoms with E-state index in [4.69, 9.17) is 21.1 Å². The Morgan fingerprint density at radius 3 is 2.36 bits per heavy atom. The number of carbonyl (C=O) groups excluding carboxylic acids is 1. The van der Waals surface area contributed by atoms with Crippen molar-refractivity contribution in [1.82, 2.24) is 0 Å². The largest absolute Gasteiger partial charge is 0.490 e. The van der Waals surface area contributed by atoms with Crippen LogP contribution in [0, 0.1) is 16.7 Å². The number of esters is 1. The first-order chi connectivity index (χ1) is 10.1. The molecule has 1 heterocycles. The van der Waals surface area contributed by atoms with Crippen LogP contribution in [-0.4, -0.2) is 24.6 Å². The first-order valence-electron chi connectivity index (χ1n) is 7.82. The third-order valence-electron chi connectivity index (χ3n) is 4.68. The fourth-order valence-electron chi connectivity index (χ4n) is 3.75. The average Bonchev–Trinajstić information content (AvgIpc) is 2.82. The van der Waals surface area contributed by atoms with Crippen molar-refractivity contribution in [2.45, 2.75) is 54.1 Å². The van der Waals surface area contributed by atoms with E-state index >= 15 is 0 Å². The van der Waals surface area contributed by atoms with E-state index < -0.39 is 0 Å². The number of carbonyl (C=O) groups is 1. The van der Waals surface area contributed by atoms with E-state index in [0.29, 0.717) is 12.4 Å². The summed E-state index contributed by atoms with van der Waals surface area (Å²) < 4.78 is 11.1. The molecular formula is C18H29ClO3. The summed E-state index contributed by atoms with van der Waals surface area (Å²) in [5.41, 5.74) is 0.944. The minimum absolute atomic E-state index is 0.0761. The van der Waals surface area contributed by atoms with E-state index in [0.717, 1.165) is 6.42 Å². The van der Waals surface area contributed by atoms with Crippen molar-refractivity contribution >= 4 is 17.6 Å². The van der Waals surface area contributed by atoms with Crippen molar-refractivity contribution in [2.75, 3.05) is 12.5 Å². The third kappa shape index (κ3) is 4.07. The molecule has 1 unspecified atom stereocenters. The highest BCUT2D eigenvalue weighted by molar-refractivity contribution is 6.18. The van der Waals surface area contributed by atoms with Gasteiger partial charge in [-0.2, -0.15) is 0 Å². The van der Waals surface area contributed by atoms with Gasteiger partial charge in [0.05, 0.1) is 5.88 Å². The molecule has 0 aromatic heterocycles. The Kier molecular flexibility index (Phi) is 6.14. The lowest BCUT2D eigenvalue weighted by molar-refractivity contribution is -0.153. The highest BCUT2D eigenvalue weighted by Crippen LogP contribution is 2.51. The molecule has 22 heavy (non-hydrogen) atoms. The van der Waals surface area contributed by atoms with Gasteiger partial charge in [-0.1, -0.05) is 41.2 Å². The van der Waals surface area contributed by atoms with Crippen molar-refractivity contribution in [1.29, 1.82) is 0 Å². The summed E-state index contributed by atoms with van der Waals surface area (Å²) in [7, 11) is 0. The molecule has 0 spiro atoms. The third-order valence-corrected chi connectivity index (χ3v) is 4.98. The highest BCUT2D eigenvalue weighted by atomic mass is 35.5. The molecule has 0 aromatic rings. The predicted octanol–water partition coefficient (Wildman–Crippen LogP) is 4.71. The predicted molar refractivity (Wildman–Crippen MR) is 90.8 cm³/mol. The zero-order chi connectivity index (χ0) is 17.1. The summed E-state index contributed by atoms with van der Waals surface area (Å²) in [5, 5.41) is 0. The molecule has 0 amide bonds. The summed E-state index contributed by atoms with van der Waals surface area (Å²) in [6, 6.07) is 0. The molecule has 0 radical (unpaired) electrons. The van der Waals surface area contributed by atoms with Gasteiger partial charge in [-0.3, -0.25) is 4.79 Å². The maximum Gasteiger partial charge on any atom is 0.302 e. The number of hydrogen-bond donors (Lipinski definition) is 0. The Balaban J connectivity index is 3.31. The Morgan fingerprint density at radius 2 is 2.05 bits per heavy atom. The van der Waals surface area contributed by atoms with Crippen LogP contribution in [0.1, 0.15) is 48.0 Å². The van der Waals surface area contributed by atoms with Crippen molar-refractivity contribution < 1.29 is 14.3 Å². The Morgan fingerprint density at radius 1 is 1.45 bits per heavy atom. The molecule has 3 nitrogen and oxygen atoms in total. The highest BCUT2D eigenvalue weighted by Gasteiger charge is 2.48. The molecule has 126 valence electrons. The number of ether oxygens (including phenoxy) is 2. The molecule has 3 atom stereocenters. The molecule has 4 heteroatoms. The van der Waals surface area contributed by atoms with E-state index in [1.54, 1.807) is 0 Å². The smallest absolute Gasteiger partial charge is 0.302 e. The molecule has 0 fully saturated rings. The second-order valence-corrected chi connectivity index (χ2v) is 7.65. The lowest BCUT2D eigenvalue weighted by Crippen LogP contribution is -2.47. The van der Waals surface area contributed by atoms with Gasteiger partial charge in [0.15, 0.2) is 0 Å². The van der Waals surface area contributed by atoms with Crippen LogP contribution in [0.25, 0.3) is 0 Å². The summed E-state index contributed by atoms with van der Waals surface area (Å²) in [6.07, 6.45) is 2.59. The van der Waals surface area contributed by atoms with E-state index in [1.807, 2.05) is 6.08 Å². The Labute approximate surface area is 139 Å². The fourth-order valence-corrected chi connectivity index (χ4v) is 3.99. The minimum atomic E-state index is -0.334. The molecule has 0 bridgehead atoms. The molecule has 1 rings (SSSR count). The van der Waals surface area contributed by atoms with E-state index in [2.05, 4.69) is 41.2 Å². The van der Waals surface area contributed by atoms with Gasteiger partial charge in [-0.25, -0.2) is 0 Å². The number of allylic oxidation sites excluding steroid dienone is 1. The number of halogens is 1. The second kappa shape index (κ2) is 7.08. The van der Waals surface area contributed by atoms with Gasteiger partial charge < -0.3 is 9.47 Å². The van der Waals surface area contributed by atoms with Crippen LogP contribution in [0.4, 0.5) is 0 Å². The van der Waals surface area contributed by atoms with E-state index in [1.165, 1.54) is 12.5 Å². The van der Waals surface area contributed by atoms with Gasteiger partial charge in [-0.15, -0.1) is 11.6 Å². The Hall–Kier alpha value is -0.960. The number of rotatable bonds is 6. The lowest BCUT2D eigenvalue weighted by atomic mass is 9.58. The zero-order valence-corrected chi connectivity index (χ0v) is 15.4. The standard InChI is InChI=1S/C18H29ClO3/c1-8-18(7,14-9-12(2)21-11-14)16(17(4,5)6)15(10-19)22-13(3)20/h9,15-16H,2,8,10-11H2,1,3-7H3/t15-,16?,18-/m1/s1. The molecule has 0 aliphatic carbocycles. The monoisotopic (exact) mass is 328 g/mol. The van der Waals surface area contributed by atoms with Crippen molar-refractivity contribution in [3.8, 4) is 0 Å². The molecule has 0 aromatic carbocycles. The quantitative estimate of drug-likeness (QED) is 0.523. The van der Waals surface area contributed by atoms with E-state index in [9.17, 15) is 4.79 Å². The minimum Gasteiger partial charge on any atom is -0.490 e. The maximum absolute atomic E-state index is 11.5. The van der Waals surface area contributed by atoms with Gasteiger partial charge in [0.2, 0.25) is 0 Å². The van der Waals surface area contributed by atoms with Crippen LogP contribution < -0.4 is 0 Å². The SMILES string of the molecule is C=C1C=C([C@@](C)(CC)C([C@@H](CCl)OC(C)=O)C(C)(C)C)CO1. The first kappa shape index (κ1) is 19.1. The molecular weight excluding hydrogens is 300 g/mol. The summed E-state index contributed by atoms with van der Waals surface area (Å²) in [4.78, 5) is 11.5. The van der Waals surface area contributed by atoms with Crippen LogP contribution in [0.5, 0.6) is 0 Å². The first-order valence-corrected chi connectivity index (χ1v) is 8.35. The van der Waals surface area contributed by atoms with Crippen molar-refractivity contribution in [3.05, 3.63) is 24.0 Å². The van der Waals surface area contributed by atoms with Gasteiger partial charge in [0.1, 0.15) is 18.5 Å². The summed E-state index contributed by atoms with van der Waals surface area (Å²) in [6.45, 7) is 16.7. The van der Waals surface area contributed by atoms with Crippen LogP contribution in [0.15, 0.2) is 24.0 Å². The fraction of sp³-hybridized carbons (Fsp3) is 0.722. The van der Waals surface area contributed by atoms with Crippen molar-refractivity contribution in [2.24, 2.45) is 16.7 Å². The molecule has 0 N–H and O–H groups in total. The van der Waals surface area contributed by atoms with Gasteiger partial charge >= 0.3 is 5.97 Å². The van der Waals surface area contributed by atoms with Crippen molar-refractivity contribution in [3.63, 3.8) is 0 Å². The summed E-state index contributed by atoms with van der Waals surface area (Å²) in [5.74, 6) is 0.760. The van der Waals surface area contributed by atoms with Gasteiger partial charge in [-0.05, 0) is 28.9 Å². The van der Waals surface area contributed by atoms with Gasteiger partial charge in [0.25, 0.3) is 0 Å².